The molecule has 212 valence electrons. The molecule has 5 aromatic heterocycles. The highest BCUT2D eigenvalue weighted by atomic mass is 19.1. The van der Waals surface area contributed by atoms with Crippen LogP contribution < -0.4 is 0 Å². The zero-order valence-corrected chi connectivity index (χ0v) is 23.6. The molecule has 11 heteroatoms. The lowest BCUT2D eigenvalue weighted by molar-refractivity contribution is -0.134. The van der Waals surface area contributed by atoms with Gasteiger partial charge in [-0.15, -0.1) is 0 Å². The van der Waals surface area contributed by atoms with Crippen molar-refractivity contribution in [1.29, 1.82) is 0 Å². The van der Waals surface area contributed by atoms with Gasteiger partial charge in [-0.1, -0.05) is 30.3 Å². The number of carbonyl (C=O) groups excluding carboxylic acids is 1. The molecule has 10 nitrogen and oxygen atoms in total. The molecule has 1 fully saturated rings. The Bertz CT molecular complexity index is 1930. The minimum atomic E-state index is -0.926. The van der Waals surface area contributed by atoms with Crippen LogP contribution in [0.5, 0.6) is 0 Å². The normalized spacial score (nSPS) is 13.2. The van der Waals surface area contributed by atoms with Crippen molar-refractivity contribution in [1.82, 2.24) is 43.9 Å². The van der Waals surface area contributed by atoms with Crippen LogP contribution in [0.4, 0.5) is 4.39 Å². The number of nitrogens with zero attached hydrogens (tertiary/aromatic N) is 9. The van der Waals surface area contributed by atoms with Crippen LogP contribution in [0.2, 0.25) is 0 Å². The molecule has 1 saturated heterocycles. The Kier molecular flexibility index (Phi) is 7.07. The molecule has 0 saturated carbocycles. The third-order valence-electron chi connectivity index (χ3n) is 7.54. The molecule has 6 heterocycles. The maximum Gasteiger partial charge on any atom is 0.282 e. The van der Waals surface area contributed by atoms with E-state index in [0.717, 1.165) is 34.4 Å². The quantitative estimate of drug-likeness (QED) is 0.282. The van der Waals surface area contributed by atoms with E-state index in [0.29, 0.717) is 13.1 Å². The van der Waals surface area contributed by atoms with Crippen LogP contribution in [0.15, 0.2) is 86.2 Å². The maximum atomic E-state index is 12.8. The number of hydrogen-bond acceptors (Lipinski definition) is 6. The van der Waals surface area contributed by atoms with Gasteiger partial charge in [0.1, 0.15) is 12.7 Å². The second-order valence-electron chi connectivity index (χ2n) is 10.6. The summed E-state index contributed by atoms with van der Waals surface area (Å²) in [5.74, 6) is -1.57. The molecule has 0 radical (unpaired) electrons. The van der Waals surface area contributed by atoms with E-state index in [2.05, 4.69) is 76.0 Å². The first-order valence-electron chi connectivity index (χ1n) is 13.6. The highest BCUT2D eigenvalue weighted by Crippen LogP contribution is 2.29. The van der Waals surface area contributed by atoms with Crippen LogP contribution in [0.1, 0.15) is 34.0 Å². The third-order valence-corrected chi connectivity index (χ3v) is 7.54. The van der Waals surface area contributed by atoms with E-state index in [-0.39, 0.29) is 6.04 Å². The molecule has 0 atom stereocenters. The Morgan fingerprint density at radius 3 is 2.52 bits per heavy atom. The van der Waals surface area contributed by atoms with Gasteiger partial charge in [-0.25, -0.2) is 23.4 Å². The molecule has 0 N–H and O–H groups in total. The smallest absolute Gasteiger partial charge is 0.282 e. The van der Waals surface area contributed by atoms with E-state index >= 15 is 0 Å². The summed E-state index contributed by atoms with van der Waals surface area (Å²) in [5, 5.41) is 12.7. The Balaban J connectivity index is 0.000000157. The fourth-order valence-corrected chi connectivity index (χ4v) is 5.21. The second kappa shape index (κ2) is 11.0. The van der Waals surface area contributed by atoms with Crippen molar-refractivity contribution < 1.29 is 9.18 Å². The number of aromatic nitrogens is 8. The summed E-state index contributed by atoms with van der Waals surface area (Å²) < 4.78 is 18.2. The van der Waals surface area contributed by atoms with Crippen LogP contribution in [-0.2, 0) is 11.2 Å². The summed E-state index contributed by atoms with van der Waals surface area (Å²) in [6, 6.07) is 12.8. The lowest BCUT2D eigenvalue weighted by atomic mass is 9.99. The second-order valence-corrected chi connectivity index (χ2v) is 10.6. The summed E-state index contributed by atoms with van der Waals surface area (Å²) in [4.78, 5) is 21.3. The highest BCUT2D eigenvalue weighted by molar-refractivity contribution is 5.91. The Morgan fingerprint density at radius 2 is 1.74 bits per heavy atom. The van der Waals surface area contributed by atoms with E-state index in [4.69, 9.17) is 0 Å². The summed E-state index contributed by atoms with van der Waals surface area (Å²) in [7, 11) is 0. The fraction of sp³-hybridized carbons (Fsp3) is 0.226. The standard InChI is InChI=1S/C16H15FN6O.C15H15N3/c1-10(17)16(24)21-7-13(8-21)23-6-12(5-19-23)14-3-4-22-15(14)11(2)18-9-20-22;1-11-3-4-14(12(2)7-11)8-13-5-6-18-15(9-13)16-10-17-18/h3-6,9,13H,1,7-8H2,2H3;3-7,9-10H,8H2,1-2H3. The van der Waals surface area contributed by atoms with Crippen LogP contribution in [-0.4, -0.2) is 62.9 Å². The molecule has 0 unspecified atom stereocenters. The fourth-order valence-electron chi connectivity index (χ4n) is 5.21. The summed E-state index contributed by atoms with van der Waals surface area (Å²) in [6.45, 7) is 10.1. The zero-order valence-electron chi connectivity index (χ0n) is 23.6. The van der Waals surface area contributed by atoms with Crippen LogP contribution in [0.25, 0.3) is 22.3 Å². The molecule has 0 bridgehead atoms. The average Bonchev–Trinajstić information content (AvgIpc) is 3.69. The topological polar surface area (TPSA) is 98.5 Å². The molecule has 1 aliphatic heterocycles. The lowest BCUT2D eigenvalue weighted by Gasteiger charge is -2.38. The predicted octanol–water partition coefficient (Wildman–Crippen LogP) is 4.70. The van der Waals surface area contributed by atoms with E-state index in [9.17, 15) is 9.18 Å². The number of amides is 1. The Hall–Kier alpha value is -5.19. The Morgan fingerprint density at radius 1 is 0.976 bits per heavy atom. The molecule has 7 rings (SSSR count). The molecule has 0 aliphatic carbocycles. The van der Waals surface area contributed by atoms with Gasteiger partial charge in [0.25, 0.3) is 5.91 Å². The van der Waals surface area contributed by atoms with E-state index in [1.807, 2.05) is 36.3 Å². The van der Waals surface area contributed by atoms with Crippen molar-refractivity contribution in [3.63, 3.8) is 0 Å². The molecular formula is C31H30FN9O. The largest absolute Gasteiger partial charge is 0.332 e. The Labute approximate surface area is 241 Å². The zero-order chi connectivity index (χ0) is 29.4. The molecule has 42 heavy (non-hydrogen) atoms. The van der Waals surface area contributed by atoms with Gasteiger partial charge in [0.2, 0.25) is 0 Å². The number of hydrogen-bond donors (Lipinski definition) is 0. The SMILES string of the molecule is C=C(F)C(=O)N1CC(n2cc(-c3ccn4ncnc(C)c34)cn2)C1.Cc1ccc(Cc2ccn3ncnc3c2)c(C)c1. The van der Waals surface area contributed by atoms with Crippen molar-refractivity contribution in [2.24, 2.45) is 0 Å². The maximum absolute atomic E-state index is 12.8. The molecule has 6 aromatic rings. The van der Waals surface area contributed by atoms with E-state index < -0.39 is 11.7 Å². The van der Waals surface area contributed by atoms with Gasteiger partial charge in [-0.3, -0.25) is 9.48 Å². The van der Waals surface area contributed by atoms with E-state index in [1.165, 1.54) is 33.5 Å². The number of rotatable bonds is 5. The molecular weight excluding hydrogens is 533 g/mol. The van der Waals surface area contributed by atoms with Gasteiger partial charge in [0, 0.05) is 42.8 Å². The van der Waals surface area contributed by atoms with Gasteiger partial charge in [-0.2, -0.15) is 15.3 Å². The minimum Gasteiger partial charge on any atom is -0.332 e. The molecule has 1 amide bonds. The molecule has 1 aromatic carbocycles. The van der Waals surface area contributed by atoms with Crippen LogP contribution in [0, 0.1) is 20.8 Å². The van der Waals surface area contributed by atoms with Crippen LogP contribution in [0.3, 0.4) is 0 Å². The van der Waals surface area contributed by atoms with Gasteiger partial charge in [0.15, 0.2) is 11.5 Å². The number of likely N-dealkylation sites (tertiary alicyclic amines) is 1. The van der Waals surface area contributed by atoms with Crippen molar-refractivity contribution in [3.8, 4) is 11.1 Å². The average molecular weight is 564 g/mol. The highest BCUT2D eigenvalue weighted by Gasteiger charge is 2.33. The van der Waals surface area contributed by atoms with Crippen molar-refractivity contribution in [3.05, 3.63) is 114 Å². The van der Waals surface area contributed by atoms with Gasteiger partial charge in [-0.05, 0) is 62.1 Å². The first-order valence-corrected chi connectivity index (χ1v) is 13.6. The van der Waals surface area contributed by atoms with Gasteiger partial charge in [0.05, 0.1) is 23.4 Å². The third kappa shape index (κ3) is 5.28. The number of pyridine rings is 1. The minimum absolute atomic E-state index is 0.0493. The summed E-state index contributed by atoms with van der Waals surface area (Å²) in [5.41, 5.74) is 9.97. The molecule has 0 spiro atoms. The number of halogens is 1. The molecule has 1 aliphatic rings. The summed E-state index contributed by atoms with van der Waals surface area (Å²) in [6.07, 6.45) is 11.6. The van der Waals surface area contributed by atoms with E-state index in [1.54, 1.807) is 21.6 Å². The van der Waals surface area contributed by atoms with Crippen LogP contribution >= 0.6 is 0 Å². The first-order chi connectivity index (χ1) is 20.3. The number of aryl methyl sites for hydroxylation is 3. The number of fused-ring (bicyclic) bond motifs is 2. The predicted molar refractivity (Wildman–Crippen MR) is 157 cm³/mol. The van der Waals surface area contributed by atoms with Crippen molar-refractivity contribution in [2.75, 3.05) is 13.1 Å². The number of carbonyl (C=O) groups is 1. The number of benzene rings is 1. The lowest BCUT2D eigenvalue weighted by Crippen LogP contribution is -2.50. The van der Waals surface area contributed by atoms with Crippen molar-refractivity contribution >= 4 is 17.1 Å². The monoisotopic (exact) mass is 563 g/mol. The first kappa shape index (κ1) is 27.0. The van der Waals surface area contributed by atoms with Gasteiger partial charge >= 0.3 is 0 Å². The van der Waals surface area contributed by atoms with Crippen molar-refractivity contribution in [2.45, 2.75) is 33.2 Å². The van der Waals surface area contributed by atoms with Gasteiger partial charge < -0.3 is 4.90 Å². The summed E-state index contributed by atoms with van der Waals surface area (Å²) >= 11 is 0.